The molecule has 0 unspecified atom stereocenters. The molecule has 0 amide bonds. The summed E-state index contributed by atoms with van der Waals surface area (Å²) < 4.78 is 1.44. The second-order valence-corrected chi connectivity index (χ2v) is 1.58. The summed E-state index contributed by atoms with van der Waals surface area (Å²) >= 11 is 3.87. The molecule has 3 N–H and O–H groups in total. The average Bonchev–Trinajstić information content (AvgIpc) is 1.87. The van der Waals surface area contributed by atoms with Gasteiger partial charge in [-0.3, -0.25) is 0 Å². The number of rotatable bonds is 0. The predicted octanol–water partition coefficient (Wildman–Crippen LogP) is -0.787. The second-order valence-electron chi connectivity index (χ2n) is 1.15. The van der Waals surface area contributed by atoms with Crippen molar-refractivity contribution in [2.75, 3.05) is 0 Å². The van der Waals surface area contributed by atoms with Gasteiger partial charge in [-0.2, -0.15) is 0 Å². The van der Waals surface area contributed by atoms with Crippen LogP contribution in [0, 0.1) is 0 Å². The van der Waals surface area contributed by atoms with Gasteiger partial charge in [0, 0.05) is 6.20 Å². The molecule has 0 aliphatic carbocycles. The van der Waals surface area contributed by atoms with Gasteiger partial charge in [0.15, 0.2) is 0 Å². The zero-order valence-electron chi connectivity index (χ0n) is 3.57. The van der Waals surface area contributed by atoms with E-state index < -0.39 is 0 Å². The van der Waals surface area contributed by atoms with Crippen molar-refractivity contribution in [3.63, 3.8) is 0 Å². The van der Waals surface area contributed by atoms with Crippen molar-refractivity contribution < 1.29 is 0 Å². The lowest BCUT2D eigenvalue weighted by molar-refractivity contribution is 0.220. The maximum absolute atomic E-state index is 5.17. The van der Waals surface area contributed by atoms with Crippen LogP contribution < -0.4 is 11.4 Å². The van der Waals surface area contributed by atoms with Crippen molar-refractivity contribution in [3.8, 4) is 0 Å². The molecule has 5 heteroatoms. The van der Waals surface area contributed by atoms with Crippen LogP contribution in [0.1, 0.15) is 0 Å². The van der Waals surface area contributed by atoms with E-state index in [0.717, 1.165) is 0 Å². The molecule has 1 heterocycles. The maximum atomic E-state index is 5.17. The highest BCUT2D eigenvalue weighted by Gasteiger charge is 2.00. The van der Waals surface area contributed by atoms with Crippen LogP contribution in [0.15, 0.2) is 12.4 Å². The summed E-state index contributed by atoms with van der Waals surface area (Å²) in [5, 5.41) is 1.30. The molecule has 0 saturated heterocycles. The lowest BCUT2D eigenvalue weighted by atomic mass is 11.0. The smallest absolute Gasteiger partial charge is 0.0542 e. The third kappa shape index (κ3) is 0.986. The van der Waals surface area contributed by atoms with Crippen LogP contribution in [0.2, 0.25) is 0 Å². The van der Waals surface area contributed by atoms with E-state index in [4.69, 9.17) is 5.84 Å². The van der Waals surface area contributed by atoms with Gasteiger partial charge >= 0.3 is 0 Å². The maximum Gasteiger partial charge on any atom is 0.0542 e. The Morgan fingerprint density at radius 3 is 2.43 bits per heavy atom. The molecule has 0 aromatic carbocycles. The Labute approximate surface area is 47.0 Å². The Morgan fingerprint density at radius 1 is 1.57 bits per heavy atom. The molecule has 0 bridgehead atoms. The van der Waals surface area contributed by atoms with E-state index in [1.54, 1.807) is 12.4 Å². The molecular weight excluding hydrogens is 112 g/mol. The van der Waals surface area contributed by atoms with E-state index in [1.807, 2.05) is 0 Å². The topological polar surface area (TPSA) is 44.5 Å². The van der Waals surface area contributed by atoms with Gasteiger partial charge in [-0.1, -0.05) is 0 Å². The summed E-state index contributed by atoms with van der Waals surface area (Å²) in [6, 6.07) is 0. The highest BCUT2D eigenvalue weighted by molar-refractivity contribution is 7.77. The number of thiol groups is 1. The first-order chi connectivity index (χ1) is 3.29. The first-order valence-electron chi connectivity index (χ1n) is 1.76. The fourth-order valence-electron chi connectivity index (χ4n) is 0.320. The third-order valence-corrected chi connectivity index (χ3v) is 0.809. The van der Waals surface area contributed by atoms with Crippen molar-refractivity contribution in [1.29, 1.82) is 0 Å². The highest BCUT2D eigenvalue weighted by atomic mass is 32.1. The zero-order valence-corrected chi connectivity index (χ0v) is 4.47. The summed E-state index contributed by atoms with van der Waals surface area (Å²) in [4.78, 5) is 0. The third-order valence-electron chi connectivity index (χ3n) is 0.586. The first kappa shape index (κ1) is 4.76. The standard InChI is InChI=1S/C2H6N4S/c3-5-1-2-6(7)4-5/h1-2,4,7H,3H2. The van der Waals surface area contributed by atoms with E-state index in [2.05, 4.69) is 18.3 Å². The average molecular weight is 118 g/mol. The number of hydrogen-bond donors (Lipinski definition) is 3. The quantitative estimate of drug-likeness (QED) is 0.288. The van der Waals surface area contributed by atoms with E-state index in [0.29, 0.717) is 0 Å². The molecule has 0 spiro atoms. The lowest BCUT2D eigenvalue weighted by Gasteiger charge is -2.10. The molecule has 40 valence electrons. The number of nitrogens with two attached hydrogens (primary N) is 1. The van der Waals surface area contributed by atoms with Crippen molar-refractivity contribution in [2.45, 2.75) is 0 Å². The van der Waals surface area contributed by atoms with Crippen LogP contribution in [-0.4, -0.2) is 9.53 Å². The van der Waals surface area contributed by atoms with Crippen LogP contribution in [0.5, 0.6) is 0 Å². The van der Waals surface area contributed by atoms with Crippen LogP contribution in [0.4, 0.5) is 0 Å². The normalized spacial score (nSPS) is 19.1. The summed E-state index contributed by atoms with van der Waals surface area (Å²) in [6.45, 7) is 0. The number of nitrogens with one attached hydrogen (secondary N) is 1. The van der Waals surface area contributed by atoms with Crippen molar-refractivity contribution in [1.82, 2.24) is 15.1 Å². The van der Waals surface area contributed by atoms with Gasteiger partial charge in [-0.15, -0.1) is 5.53 Å². The SMILES string of the molecule is NN1C=CN(S)N1. The fourth-order valence-corrected chi connectivity index (χ4v) is 0.483. The Kier molecular flexibility index (Phi) is 1.09. The summed E-state index contributed by atoms with van der Waals surface area (Å²) in [5.41, 5.74) is 2.61. The predicted molar refractivity (Wildman–Crippen MR) is 29.1 cm³/mol. The fraction of sp³-hybridized carbons (Fsp3) is 0. The van der Waals surface area contributed by atoms with E-state index in [1.165, 1.54) is 9.53 Å². The Bertz CT molecular complexity index is 81.7. The molecule has 0 saturated carbocycles. The van der Waals surface area contributed by atoms with Gasteiger partial charge in [0.1, 0.15) is 0 Å². The number of hydrogen-bond acceptors (Lipinski definition) is 5. The van der Waals surface area contributed by atoms with Crippen LogP contribution in [0.3, 0.4) is 0 Å². The van der Waals surface area contributed by atoms with E-state index in [9.17, 15) is 0 Å². The largest absolute Gasteiger partial charge is 0.240 e. The number of hydrazine groups is 3. The van der Waals surface area contributed by atoms with Crippen molar-refractivity contribution >= 4 is 12.8 Å². The molecule has 1 aliphatic rings. The van der Waals surface area contributed by atoms with Crippen LogP contribution >= 0.6 is 12.8 Å². The molecule has 0 aromatic rings. The van der Waals surface area contributed by atoms with Gasteiger partial charge in [0.05, 0.1) is 6.20 Å². The van der Waals surface area contributed by atoms with Gasteiger partial charge in [-0.05, 0) is 12.8 Å². The van der Waals surface area contributed by atoms with Gasteiger partial charge in [-0.25, -0.2) is 15.4 Å². The van der Waals surface area contributed by atoms with Crippen LogP contribution in [0.25, 0.3) is 0 Å². The van der Waals surface area contributed by atoms with Gasteiger partial charge < -0.3 is 0 Å². The summed E-state index contributed by atoms with van der Waals surface area (Å²) in [7, 11) is 0. The first-order valence-corrected chi connectivity index (χ1v) is 2.16. The molecule has 4 nitrogen and oxygen atoms in total. The van der Waals surface area contributed by atoms with Crippen LogP contribution in [-0.2, 0) is 0 Å². The molecule has 0 atom stereocenters. The van der Waals surface area contributed by atoms with E-state index >= 15 is 0 Å². The van der Waals surface area contributed by atoms with Gasteiger partial charge in [0.2, 0.25) is 0 Å². The minimum absolute atomic E-state index is 1.30. The van der Waals surface area contributed by atoms with Crippen molar-refractivity contribution in [2.24, 2.45) is 5.84 Å². The zero-order chi connectivity index (χ0) is 5.28. The Hall–Kier alpha value is -0.390. The lowest BCUT2D eigenvalue weighted by Crippen LogP contribution is -2.39. The molecule has 0 aromatic heterocycles. The van der Waals surface area contributed by atoms with E-state index in [-0.39, 0.29) is 0 Å². The molecule has 1 rings (SSSR count). The monoisotopic (exact) mass is 118 g/mol. The Morgan fingerprint density at radius 2 is 2.29 bits per heavy atom. The molecule has 0 radical (unpaired) electrons. The molecule has 0 fully saturated rings. The molecule has 7 heavy (non-hydrogen) atoms. The Balaban J connectivity index is 2.42. The number of nitrogens with zero attached hydrogens (tertiary/aromatic N) is 2. The summed E-state index contributed by atoms with van der Waals surface area (Å²) in [5.74, 6) is 5.17. The minimum Gasteiger partial charge on any atom is -0.240 e. The second kappa shape index (κ2) is 1.61. The molecular formula is C2H6N4S. The highest BCUT2D eigenvalue weighted by Crippen LogP contribution is 1.95. The summed E-state index contributed by atoms with van der Waals surface area (Å²) in [6.07, 6.45) is 3.33. The molecule has 1 aliphatic heterocycles. The van der Waals surface area contributed by atoms with Crippen molar-refractivity contribution in [3.05, 3.63) is 12.4 Å². The minimum atomic E-state index is 1.30. The van der Waals surface area contributed by atoms with Gasteiger partial charge in [0.25, 0.3) is 0 Å².